The molecule has 1 aromatic carbocycles. The van der Waals surface area contributed by atoms with E-state index in [2.05, 4.69) is 5.32 Å². The number of urea groups is 1. The molecule has 2 amide bonds. The Hall–Kier alpha value is -1.36. The summed E-state index contributed by atoms with van der Waals surface area (Å²) >= 11 is 0. The minimum absolute atomic E-state index is 0.137. The lowest BCUT2D eigenvalue weighted by Gasteiger charge is -2.18. The lowest BCUT2D eigenvalue weighted by molar-refractivity contribution is 0.224. The Kier molecular flexibility index (Phi) is 5.74. The number of amides is 2. The highest BCUT2D eigenvalue weighted by Crippen LogP contribution is 2.18. The van der Waals surface area contributed by atoms with Crippen molar-refractivity contribution in [2.75, 3.05) is 18.9 Å². The summed E-state index contributed by atoms with van der Waals surface area (Å²) in [7, 11) is 0.801. The number of benzene rings is 1. The molecule has 0 radical (unpaired) electrons. The monoisotopic (exact) mass is 296 g/mol. The molecule has 0 aliphatic heterocycles. The maximum absolute atomic E-state index is 12.1. The number of carbonyl (C=O) groups excluding carboxylic acids is 1. The van der Waals surface area contributed by atoms with Gasteiger partial charge in [-0.2, -0.15) is 0 Å². The second kappa shape index (κ2) is 6.88. The number of nitrogens with zero attached hydrogens (tertiary/aromatic N) is 1. The average Bonchev–Trinajstić information content (AvgIpc) is 2.37. The molecule has 1 N–H and O–H groups in total. The first-order chi connectivity index (χ1) is 9.24. The summed E-state index contributed by atoms with van der Waals surface area (Å²) in [4.78, 5) is 13.4. The smallest absolute Gasteiger partial charge is 0.321 e. The van der Waals surface area contributed by atoms with Crippen LogP contribution in [0, 0.1) is 0 Å². The number of hydrogen-bond acceptors (Lipinski definition) is 2. The summed E-state index contributed by atoms with van der Waals surface area (Å²) < 4.78 is 11.9. The van der Waals surface area contributed by atoms with Gasteiger partial charge in [0.15, 0.2) is 0 Å². The van der Waals surface area contributed by atoms with E-state index in [0.717, 1.165) is 11.3 Å². The van der Waals surface area contributed by atoms with Crippen molar-refractivity contribution in [3.8, 4) is 0 Å². The van der Waals surface area contributed by atoms with Gasteiger partial charge in [0.2, 0.25) is 0 Å². The molecule has 0 spiro atoms. The van der Waals surface area contributed by atoms with E-state index in [-0.39, 0.29) is 10.8 Å². The molecule has 0 saturated carbocycles. The topological polar surface area (TPSA) is 49.4 Å². The van der Waals surface area contributed by atoms with Crippen molar-refractivity contribution in [2.45, 2.75) is 38.2 Å². The largest absolute Gasteiger partial charge is 0.328 e. The van der Waals surface area contributed by atoms with Crippen molar-refractivity contribution >= 4 is 22.5 Å². The highest BCUT2D eigenvalue weighted by atomic mass is 32.2. The molecule has 1 rings (SSSR count). The zero-order valence-electron chi connectivity index (χ0n) is 12.9. The minimum Gasteiger partial charge on any atom is -0.328 e. The third-order valence-electron chi connectivity index (χ3n) is 2.98. The lowest BCUT2D eigenvalue weighted by atomic mass is 10.2. The van der Waals surface area contributed by atoms with Crippen LogP contribution in [-0.2, 0) is 16.6 Å². The van der Waals surface area contributed by atoms with E-state index < -0.39 is 10.8 Å². The van der Waals surface area contributed by atoms with Gasteiger partial charge >= 0.3 is 6.03 Å². The molecule has 0 aliphatic rings. The van der Waals surface area contributed by atoms with Gasteiger partial charge in [-0.3, -0.25) is 4.21 Å². The molecule has 112 valence electrons. The number of hydrogen-bond donors (Lipinski definition) is 1. The molecule has 0 fully saturated rings. The van der Waals surface area contributed by atoms with Crippen LogP contribution in [0.5, 0.6) is 0 Å². The summed E-state index contributed by atoms with van der Waals surface area (Å²) in [6, 6.07) is 7.39. The van der Waals surface area contributed by atoms with E-state index in [9.17, 15) is 9.00 Å². The van der Waals surface area contributed by atoms with Crippen LogP contribution in [0.15, 0.2) is 24.3 Å². The van der Waals surface area contributed by atoms with Crippen LogP contribution in [-0.4, -0.2) is 33.5 Å². The second-order valence-corrected chi connectivity index (χ2v) is 7.95. The van der Waals surface area contributed by atoms with E-state index in [4.69, 9.17) is 0 Å². The van der Waals surface area contributed by atoms with Crippen LogP contribution in [0.3, 0.4) is 0 Å². The predicted molar refractivity (Wildman–Crippen MR) is 85.4 cm³/mol. The summed E-state index contributed by atoms with van der Waals surface area (Å²) in [6.07, 6.45) is 0. The number of nitrogens with one attached hydrogen (secondary N) is 1. The van der Waals surface area contributed by atoms with Crippen molar-refractivity contribution in [3.05, 3.63) is 29.8 Å². The molecule has 0 saturated heterocycles. The molecule has 20 heavy (non-hydrogen) atoms. The van der Waals surface area contributed by atoms with Gasteiger partial charge in [-0.05, 0) is 45.4 Å². The van der Waals surface area contributed by atoms with Crippen LogP contribution in [0.1, 0.15) is 33.3 Å². The van der Waals surface area contributed by atoms with E-state index in [1.54, 1.807) is 11.9 Å². The van der Waals surface area contributed by atoms with E-state index >= 15 is 0 Å². The third-order valence-corrected chi connectivity index (χ3v) is 4.94. The minimum atomic E-state index is -0.943. The fraction of sp³-hybridized carbons (Fsp3) is 0.533. The maximum atomic E-state index is 12.1. The van der Waals surface area contributed by atoms with Crippen LogP contribution in [0.2, 0.25) is 0 Å². The van der Waals surface area contributed by atoms with Gasteiger partial charge in [-0.1, -0.05) is 12.1 Å². The summed E-state index contributed by atoms with van der Waals surface area (Å²) in [5.74, 6) is 0.497. The first-order valence-electron chi connectivity index (χ1n) is 6.73. The Labute approximate surface area is 124 Å². The Morgan fingerprint density at radius 3 is 2.55 bits per heavy atom. The summed E-state index contributed by atoms with van der Waals surface area (Å²) in [5, 5.41) is 2.83. The molecule has 0 aromatic heterocycles. The zero-order chi connectivity index (χ0) is 15.3. The summed E-state index contributed by atoms with van der Waals surface area (Å²) in [5.41, 5.74) is 1.70. The fourth-order valence-electron chi connectivity index (χ4n) is 1.47. The Morgan fingerprint density at radius 2 is 2.00 bits per heavy atom. The van der Waals surface area contributed by atoms with Crippen LogP contribution < -0.4 is 5.32 Å². The molecule has 0 bridgehead atoms. The molecule has 5 heteroatoms. The van der Waals surface area contributed by atoms with E-state index in [0.29, 0.717) is 12.3 Å². The van der Waals surface area contributed by atoms with Crippen molar-refractivity contribution < 1.29 is 9.00 Å². The van der Waals surface area contributed by atoms with Gasteiger partial charge in [-0.15, -0.1) is 0 Å². The summed E-state index contributed by atoms with van der Waals surface area (Å²) in [6.45, 7) is 8.46. The van der Waals surface area contributed by atoms with Crippen LogP contribution in [0.25, 0.3) is 0 Å². The molecular formula is C15H24N2O2S. The molecule has 1 aromatic rings. The average molecular weight is 296 g/mol. The Morgan fingerprint density at radius 1 is 1.35 bits per heavy atom. The van der Waals surface area contributed by atoms with Crippen molar-refractivity contribution in [1.29, 1.82) is 0 Å². The Bertz CT molecular complexity index is 495. The number of anilines is 1. The van der Waals surface area contributed by atoms with Crippen molar-refractivity contribution in [3.63, 3.8) is 0 Å². The molecule has 0 unspecified atom stereocenters. The van der Waals surface area contributed by atoms with Gasteiger partial charge in [-0.25, -0.2) is 4.79 Å². The Balaban J connectivity index is 2.76. The van der Waals surface area contributed by atoms with Crippen LogP contribution >= 0.6 is 0 Å². The quantitative estimate of drug-likeness (QED) is 0.927. The lowest BCUT2D eigenvalue weighted by Crippen LogP contribution is -2.31. The van der Waals surface area contributed by atoms with Gasteiger partial charge in [0.05, 0.1) is 0 Å². The molecule has 4 nitrogen and oxygen atoms in total. The van der Waals surface area contributed by atoms with Gasteiger partial charge in [0, 0.05) is 40.6 Å². The first-order valence-corrected chi connectivity index (χ1v) is 8.05. The van der Waals surface area contributed by atoms with Crippen molar-refractivity contribution in [2.24, 2.45) is 0 Å². The van der Waals surface area contributed by atoms with Gasteiger partial charge in [0.25, 0.3) is 0 Å². The number of rotatable bonds is 4. The second-order valence-electron chi connectivity index (χ2n) is 5.75. The van der Waals surface area contributed by atoms with Gasteiger partial charge < -0.3 is 10.2 Å². The highest BCUT2D eigenvalue weighted by Gasteiger charge is 2.19. The molecule has 0 aliphatic carbocycles. The predicted octanol–water partition coefficient (Wildman–Crippen LogP) is 3.22. The zero-order valence-corrected chi connectivity index (χ0v) is 13.7. The van der Waals surface area contributed by atoms with Gasteiger partial charge in [0.1, 0.15) is 0 Å². The fourth-order valence-corrected chi connectivity index (χ4v) is 2.38. The molecule has 0 heterocycles. The first kappa shape index (κ1) is 16.7. The third kappa shape index (κ3) is 4.96. The maximum Gasteiger partial charge on any atom is 0.321 e. The van der Waals surface area contributed by atoms with E-state index in [1.807, 2.05) is 52.0 Å². The van der Waals surface area contributed by atoms with Crippen molar-refractivity contribution in [1.82, 2.24) is 4.90 Å². The normalized spacial score (nSPS) is 12.8. The highest BCUT2D eigenvalue weighted by molar-refractivity contribution is 7.85. The van der Waals surface area contributed by atoms with Crippen LogP contribution in [0.4, 0.5) is 10.5 Å². The number of carbonyl (C=O) groups is 1. The SMILES string of the molecule is CCN(C)C(=O)Nc1cccc(C[S@@](=O)C(C)(C)C)c1. The molecular weight excluding hydrogens is 272 g/mol. The van der Waals surface area contributed by atoms with E-state index in [1.165, 1.54) is 0 Å². The molecule has 1 atom stereocenters. The standard InChI is InChI=1S/C15H24N2O2S/c1-6-17(5)14(18)16-13-9-7-8-12(10-13)11-20(19)15(2,3)4/h7-10H,6,11H2,1-5H3,(H,16,18)/t20-/m1/s1.